The van der Waals surface area contributed by atoms with Crippen molar-refractivity contribution in [2.75, 3.05) is 0 Å². The van der Waals surface area contributed by atoms with Crippen LogP contribution in [0.4, 0.5) is 4.79 Å². The Morgan fingerprint density at radius 1 is 1.35 bits per heavy atom. The van der Waals surface area contributed by atoms with E-state index in [-0.39, 0.29) is 0 Å². The van der Waals surface area contributed by atoms with Crippen LogP contribution in [0.3, 0.4) is 0 Å². The number of carbonyl (C=O) groups excluding carboxylic acids is 1. The zero-order chi connectivity index (χ0) is 15.0. The van der Waals surface area contributed by atoms with Gasteiger partial charge in [0.2, 0.25) is 0 Å². The van der Waals surface area contributed by atoms with Crippen LogP contribution in [0.15, 0.2) is 49.3 Å². The summed E-state index contributed by atoms with van der Waals surface area (Å²) in [6, 6.07) is 7.18. The van der Waals surface area contributed by atoms with E-state index in [1.807, 2.05) is 24.3 Å². The molecule has 1 heterocycles. The van der Waals surface area contributed by atoms with E-state index >= 15 is 0 Å². The number of para-hydroxylation sites is 1. The molecule has 0 atom stereocenters. The van der Waals surface area contributed by atoms with Gasteiger partial charge in [-0.2, -0.15) is 0 Å². The molecule has 0 aliphatic rings. The predicted octanol–water partition coefficient (Wildman–Crippen LogP) is 2.06. The molecule has 6 heteroatoms. The van der Waals surface area contributed by atoms with E-state index in [1.165, 1.54) is 6.20 Å². The largest absolute Gasteiger partial charge is 0.478 e. The number of hydrogen-bond acceptors (Lipinski definition) is 2. The van der Waals surface area contributed by atoms with Crippen molar-refractivity contribution >= 4 is 29.0 Å². The summed E-state index contributed by atoms with van der Waals surface area (Å²) in [5.74, 6) is -0.935. The van der Waals surface area contributed by atoms with Crippen molar-refractivity contribution in [1.29, 1.82) is 0 Å². The summed E-state index contributed by atoms with van der Waals surface area (Å²) >= 11 is 0. The minimum atomic E-state index is -0.935. The molecule has 0 aliphatic carbocycles. The molecule has 2 amide bonds. The summed E-state index contributed by atoms with van der Waals surface area (Å²) in [5, 5.41) is 11.6. The zero-order valence-corrected chi connectivity index (χ0v) is 10.7. The zero-order valence-electron chi connectivity index (χ0n) is 10.7. The molecular formula is C14H15N3O3. The highest BCUT2D eigenvalue weighted by Gasteiger charge is 1.98. The monoisotopic (exact) mass is 273 g/mol. The molecule has 0 radical (unpaired) electrons. The van der Waals surface area contributed by atoms with Gasteiger partial charge in [-0.1, -0.05) is 24.8 Å². The van der Waals surface area contributed by atoms with E-state index in [0.29, 0.717) is 0 Å². The molecule has 0 spiro atoms. The van der Waals surface area contributed by atoms with E-state index in [1.54, 1.807) is 12.3 Å². The number of aromatic amines is 1. The van der Waals surface area contributed by atoms with Crippen molar-refractivity contribution in [2.24, 2.45) is 5.73 Å². The lowest BCUT2D eigenvalue weighted by molar-refractivity contribution is -0.131. The SMILES string of the molecule is C=CNC(N)=O.O=C(O)/C=C/c1c[nH]c2ccccc12. The predicted molar refractivity (Wildman–Crippen MR) is 77.9 cm³/mol. The lowest BCUT2D eigenvalue weighted by Crippen LogP contribution is -2.23. The molecule has 104 valence electrons. The maximum atomic E-state index is 10.3. The number of aromatic nitrogens is 1. The highest BCUT2D eigenvalue weighted by Crippen LogP contribution is 2.18. The summed E-state index contributed by atoms with van der Waals surface area (Å²) in [4.78, 5) is 23.0. The van der Waals surface area contributed by atoms with Crippen LogP contribution in [-0.2, 0) is 4.79 Å². The highest BCUT2D eigenvalue weighted by atomic mass is 16.4. The number of carboxylic acid groups (broad SMARTS) is 1. The van der Waals surface area contributed by atoms with Gasteiger partial charge in [0.25, 0.3) is 0 Å². The Morgan fingerprint density at radius 3 is 2.60 bits per heavy atom. The third kappa shape index (κ3) is 4.69. The Balaban J connectivity index is 0.000000286. The second-order valence-electron chi connectivity index (χ2n) is 3.67. The van der Waals surface area contributed by atoms with Crippen LogP contribution < -0.4 is 11.1 Å². The molecule has 0 saturated carbocycles. The summed E-state index contributed by atoms with van der Waals surface area (Å²) in [5.41, 5.74) is 6.48. The molecule has 0 bridgehead atoms. The van der Waals surface area contributed by atoms with Crippen LogP contribution in [0.2, 0.25) is 0 Å². The number of fused-ring (bicyclic) bond motifs is 1. The first-order chi connectivity index (χ1) is 9.54. The van der Waals surface area contributed by atoms with Crippen LogP contribution in [0.25, 0.3) is 17.0 Å². The molecule has 1 aromatic carbocycles. The van der Waals surface area contributed by atoms with Crippen molar-refractivity contribution in [3.63, 3.8) is 0 Å². The summed E-state index contributed by atoms with van der Waals surface area (Å²) in [7, 11) is 0. The number of nitrogens with one attached hydrogen (secondary N) is 2. The van der Waals surface area contributed by atoms with Crippen molar-refractivity contribution in [3.8, 4) is 0 Å². The Hall–Kier alpha value is -3.02. The second-order valence-corrected chi connectivity index (χ2v) is 3.67. The first kappa shape index (κ1) is 15.0. The standard InChI is InChI=1S/C11H9NO2.C3H6N2O/c13-11(14)6-5-8-7-12-10-4-2-1-3-9(8)10;1-2-5-3(4)6/h1-7,12H,(H,13,14);2H,1H2,(H3,4,5,6)/b6-5+;. The molecule has 6 nitrogen and oxygen atoms in total. The van der Waals surface area contributed by atoms with Crippen molar-refractivity contribution in [3.05, 3.63) is 54.9 Å². The fraction of sp³-hybridized carbons (Fsp3) is 0. The highest BCUT2D eigenvalue weighted by molar-refractivity contribution is 5.93. The van der Waals surface area contributed by atoms with Gasteiger partial charge in [-0.05, 0) is 23.9 Å². The molecule has 1 aromatic heterocycles. The maximum absolute atomic E-state index is 10.3. The fourth-order valence-corrected chi connectivity index (χ4v) is 1.49. The van der Waals surface area contributed by atoms with Crippen LogP contribution in [-0.4, -0.2) is 22.1 Å². The molecule has 2 rings (SSSR count). The minimum absolute atomic E-state index is 0.579. The summed E-state index contributed by atoms with van der Waals surface area (Å²) in [6.45, 7) is 3.19. The number of benzene rings is 1. The smallest absolute Gasteiger partial charge is 0.328 e. The summed E-state index contributed by atoms with van der Waals surface area (Å²) < 4.78 is 0. The average Bonchev–Trinajstić information content (AvgIpc) is 2.80. The minimum Gasteiger partial charge on any atom is -0.478 e. The number of nitrogens with two attached hydrogens (primary N) is 1. The van der Waals surface area contributed by atoms with Crippen molar-refractivity contribution in [2.45, 2.75) is 0 Å². The summed E-state index contributed by atoms with van der Waals surface area (Å²) in [6.07, 6.45) is 5.74. The molecule has 20 heavy (non-hydrogen) atoms. The molecule has 0 aliphatic heterocycles. The van der Waals surface area contributed by atoms with Gasteiger partial charge in [0.15, 0.2) is 0 Å². The number of urea groups is 1. The van der Waals surface area contributed by atoms with Crippen LogP contribution in [0, 0.1) is 0 Å². The van der Waals surface area contributed by atoms with E-state index in [9.17, 15) is 9.59 Å². The van der Waals surface area contributed by atoms with E-state index in [2.05, 4.69) is 22.6 Å². The van der Waals surface area contributed by atoms with Crippen molar-refractivity contribution < 1.29 is 14.7 Å². The molecule has 5 N–H and O–H groups in total. The average molecular weight is 273 g/mol. The van der Waals surface area contributed by atoms with Crippen LogP contribution in [0.1, 0.15) is 5.56 Å². The number of aliphatic carboxylic acids is 1. The Kier molecular flexibility index (Phi) is 5.58. The number of H-pyrrole nitrogens is 1. The second kappa shape index (κ2) is 7.42. The van der Waals surface area contributed by atoms with E-state index in [4.69, 9.17) is 5.11 Å². The van der Waals surface area contributed by atoms with Crippen LogP contribution in [0.5, 0.6) is 0 Å². The van der Waals surface area contributed by atoms with E-state index < -0.39 is 12.0 Å². The van der Waals surface area contributed by atoms with Gasteiger partial charge in [0.05, 0.1) is 0 Å². The van der Waals surface area contributed by atoms with Gasteiger partial charge in [-0.25, -0.2) is 9.59 Å². The molecule has 0 fully saturated rings. The maximum Gasteiger partial charge on any atom is 0.328 e. The lowest BCUT2D eigenvalue weighted by Gasteiger charge is -1.89. The third-order valence-corrected chi connectivity index (χ3v) is 2.27. The Morgan fingerprint density at radius 2 is 2.05 bits per heavy atom. The number of hydrogen-bond donors (Lipinski definition) is 4. The van der Waals surface area contributed by atoms with Gasteiger partial charge in [-0.3, -0.25) is 0 Å². The first-order valence-electron chi connectivity index (χ1n) is 5.68. The third-order valence-electron chi connectivity index (χ3n) is 2.27. The molecule has 0 saturated heterocycles. The van der Waals surface area contributed by atoms with Gasteiger partial charge in [0, 0.05) is 23.2 Å². The normalized spacial score (nSPS) is 9.80. The van der Waals surface area contributed by atoms with Gasteiger partial charge >= 0.3 is 12.0 Å². The van der Waals surface area contributed by atoms with Crippen molar-refractivity contribution in [1.82, 2.24) is 10.3 Å². The molecule has 0 unspecified atom stereocenters. The number of carbonyl (C=O) groups is 2. The van der Waals surface area contributed by atoms with E-state index in [0.717, 1.165) is 22.5 Å². The topological polar surface area (TPSA) is 108 Å². The number of primary amides is 1. The lowest BCUT2D eigenvalue weighted by atomic mass is 10.1. The number of amides is 2. The molecular weight excluding hydrogens is 258 g/mol. The first-order valence-corrected chi connectivity index (χ1v) is 5.68. The quantitative estimate of drug-likeness (QED) is 0.643. The number of carboxylic acids is 1. The number of rotatable bonds is 3. The van der Waals surface area contributed by atoms with Gasteiger partial charge in [0.1, 0.15) is 0 Å². The fourth-order valence-electron chi connectivity index (χ4n) is 1.49. The van der Waals surface area contributed by atoms with Gasteiger partial charge < -0.3 is 21.1 Å². The Bertz CT molecular complexity index is 644. The Labute approximate surface area is 115 Å². The molecule has 2 aromatic rings. The van der Waals surface area contributed by atoms with Crippen LogP contribution >= 0.6 is 0 Å². The van der Waals surface area contributed by atoms with Gasteiger partial charge in [-0.15, -0.1) is 0 Å².